The van der Waals surface area contributed by atoms with Gasteiger partial charge in [0, 0.05) is 17.7 Å². The van der Waals surface area contributed by atoms with Crippen molar-refractivity contribution in [1.82, 2.24) is 9.97 Å². The van der Waals surface area contributed by atoms with Crippen LogP contribution in [-0.4, -0.2) is 23.1 Å². The first-order chi connectivity index (χ1) is 11.2. The number of halogens is 4. The summed E-state index contributed by atoms with van der Waals surface area (Å²) in [7, 11) is 1.68. The van der Waals surface area contributed by atoms with E-state index in [-0.39, 0.29) is 12.1 Å². The first-order valence-electron chi connectivity index (χ1n) is 7.33. The summed E-state index contributed by atoms with van der Waals surface area (Å²) < 4.78 is 45.6. The molecule has 0 saturated heterocycles. The molecule has 2 rings (SSSR count). The minimum absolute atomic E-state index is 0.119. The molecule has 1 aromatic heterocycles. The number of aromatic nitrogens is 2. The molecule has 0 N–H and O–H groups in total. The van der Waals surface area contributed by atoms with Crippen molar-refractivity contribution in [2.75, 3.05) is 11.9 Å². The van der Waals surface area contributed by atoms with Crippen LogP contribution in [0.1, 0.15) is 25.8 Å². The molecule has 1 atom stereocenters. The molecule has 0 amide bonds. The molecule has 0 aliphatic carbocycles. The average molecular weight is 404 g/mol. The van der Waals surface area contributed by atoms with Gasteiger partial charge in [-0.1, -0.05) is 19.1 Å². The van der Waals surface area contributed by atoms with Crippen molar-refractivity contribution in [2.45, 2.75) is 32.5 Å². The molecule has 0 fully saturated rings. The molecule has 0 saturated carbocycles. The van der Waals surface area contributed by atoms with E-state index in [9.17, 15) is 13.2 Å². The van der Waals surface area contributed by atoms with Crippen LogP contribution in [0.5, 0.6) is 5.88 Å². The summed E-state index contributed by atoms with van der Waals surface area (Å²) in [5, 5.41) is 0. The first-order valence-corrected chi connectivity index (χ1v) is 8.12. The summed E-state index contributed by atoms with van der Waals surface area (Å²) in [5.41, 5.74) is -0.251. The zero-order valence-corrected chi connectivity index (χ0v) is 15.0. The molecule has 0 aliphatic rings. The van der Waals surface area contributed by atoms with Gasteiger partial charge >= 0.3 is 6.18 Å². The normalized spacial score (nSPS) is 12.8. The molecule has 8 heteroatoms. The molecule has 130 valence electrons. The number of rotatable bonds is 5. The van der Waals surface area contributed by atoms with Crippen molar-refractivity contribution in [3.05, 3.63) is 40.5 Å². The van der Waals surface area contributed by atoms with Crippen molar-refractivity contribution < 1.29 is 17.9 Å². The lowest BCUT2D eigenvalue weighted by Gasteiger charge is -2.21. The molecule has 2 aromatic rings. The number of alkyl halides is 3. The first kappa shape index (κ1) is 18.5. The minimum Gasteiger partial charge on any atom is -0.474 e. The van der Waals surface area contributed by atoms with Gasteiger partial charge in [-0.15, -0.1) is 0 Å². The topological polar surface area (TPSA) is 38.2 Å². The average Bonchev–Trinajstić information content (AvgIpc) is 2.53. The van der Waals surface area contributed by atoms with Gasteiger partial charge in [-0.05, 0) is 41.4 Å². The van der Waals surface area contributed by atoms with E-state index < -0.39 is 17.6 Å². The van der Waals surface area contributed by atoms with E-state index in [0.29, 0.717) is 6.42 Å². The number of benzene rings is 1. The second-order valence-electron chi connectivity index (χ2n) is 5.23. The fourth-order valence-corrected chi connectivity index (χ4v) is 2.46. The van der Waals surface area contributed by atoms with Crippen LogP contribution < -0.4 is 9.64 Å². The highest BCUT2D eigenvalue weighted by Crippen LogP contribution is 2.37. The van der Waals surface area contributed by atoms with Crippen LogP contribution in [0, 0.1) is 0 Å². The number of hydrogen-bond donors (Lipinski definition) is 0. The van der Waals surface area contributed by atoms with Crippen LogP contribution in [0.3, 0.4) is 0 Å². The summed E-state index contributed by atoms with van der Waals surface area (Å²) in [6.45, 7) is 3.52. The fourth-order valence-electron chi connectivity index (χ4n) is 1.91. The fraction of sp³-hybridized carbons (Fsp3) is 0.375. The lowest BCUT2D eigenvalue weighted by atomic mass is 10.3. The summed E-state index contributed by atoms with van der Waals surface area (Å²) in [4.78, 5) is 9.44. The Morgan fingerprint density at radius 1 is 1.29 bits per heavy atom. The second-order valence-corrected chi connectivity index (χ2v) is 6.09. The van der Waals surface area contributed by atoms with Crippen molar-refractivity contribution in [2.24, 2.45) is 0 Å². The van der Waals surface area contributed by atoms with Crippen LogP contribution in [0.15, 0.2) is 34.9 Å². The molecule has 0 radical (unpaired) electrons. The Labute approximate surface area is 146 Å². The second kappa shape index (κ2) is 7.38. The lowest BCUT2D eigenvalue weighted by molar-refractivity contribution is -0.139. The van der Waals surface area contributed by atoms with E-state index in [2.05, 4.69) is 25.9 Å². The molecule has 0 aliphatic heterocycles. The third-order valence-electron chi connectivity index (χ3n) is 3.45. The highest BCUT2D eigenvalue weighted by Gasteiger charge is 2.37. The van der Waals surface area contributed by atoms with E-state index in [1.54, 1.807) is 24.9 Å². The van der Waals surface area contributed by atoms with Gasteiger partial charge in [0.1, 0.15) is 5.56 Å². The van der Waals surface area contributed by atoms with E-state index in [1.807, 2.05) is 25.1 Å². The highest BCUT2D eigenvalue weighted by molar-refractivity contribution is 9.10. The quantitative estimate of drug-likeness (QED) is 0.687. The third-order valence-corrected chi connectivity index (χ3v) is 4.12. The summed E-state index contributed by atoms with van der Waals surface area (Å²) in [6, 6.07) is 7.29. The van der Waals surface area contributed by atoms with E-state index in [1.165, 1.54) is 0 Å². The molecule has 4 nitrogen and oxygen atoms in total. The van der Waals surface area contributed by atoms with Crippen molar-refractivity contribution in [3.63, 3.8) is 0 Å². The van der Waals surface area contributed by atoms with E-state index >= 15 is 0 Å². The Morgan fingerprint density at radius 2 is 1.96 bits per heavy atom. The molecule has 24 heavy (non-hydrogen) atoms. The van der Waals surface area contributed by atoms with E-state index in [0.717, 1.165) is 16.4 Å². The van der Waals surface area contributed by atoms with Crippen molar-refractivity contribution in [1.29, 1.82) is 0 Å². The van der Waals surface area contributed by atoms with Crippen molar-refractivity contribution in [3.8, 4) is 5.88 Å². The Hall–Kier alpha value is -1.83. The zero-order chi connectivity index (χ0) is 17.9. The number of anilines is 2. The van der Waals surface area contributed by atoms with Crippen LogP contribution in [-0.2, 0) is 6.18 Å². The number of nitrogens with zero attached hydrogens (tertiary/aromatic N) is 3. The molecule has 1 aromatic carbocycles. The SMILES string of the molecule is CCC(C)Oc1nc(N(C)c2ccccc2Br)ncc1C(F)(F)F. The Morgan fingerprint density at radius 3 is 2.54 bits per heavy atom. The van der Waals surface area contributed by atoms with Gasteiger partial charge in [-0.25, -0.2) is 4.98 Å². The molecule has 0 spiro atoms. The van der Waals surface area contributed by atoms with Gasteiger partial charge in [-0.2, -0.15) is 18.2 Å². The van der Waals surface area contributed by atoms with Gasteiger partial charge in [0.15, 0.2) is 0 Å². The third kappa shape index (κ3) is 4.17. The standard InChI is InChI=1S/C16H17BrF3N3O/c1-4-10(2)24-14-11(16(18,19)20)9-21-15(22-14)23(3)13-8-6-5-7-12(13)17/h5-10H,4H2,1-3H3. The Balaban J connectivity index is 2.45. The Kier molecular flexibility index (Phi) is 5.69. The van der Waals surface area contributed by atoms with Crippen molar-refractivity contribution >= 4 is 27.6 Å². The number of para-hydroxylation sites is 1. The van der Waals surface area contributed by atoms with Gasteiger partial charge < -0.3 is 9.64 Å². The van der Waals surface area contributed by atoms with Gasteiger partial charge in [-0.3, -0.25) is 0 Å². The molecule has 0 bridgehead atoms. The van der Waals surface area contributed by atoms with Gasteiger partial charge in [0.25, 0.3) is 0 Å². The summed E-state index contributed by atoms with van der Waals surface area (Å²) >= 11 is 3.40. The predicted molar refractivity (Wildman–Crippen MR) is 89.6 cm³/mol. The van der Waals surface area contributed by atoms with Crippen LogP contribution in [0.4, 0.5) is 24.8 Å². The predicted octanol–water partition coefficient (Wildman–Crippen LogP) is 5.20. The zero-order valence-electron chi connectivity index (χ0n) is 13.4. The van der Waals surface area contributed by atoms with Crippen LogP contribution in [0.2, 0.25) is 0 Å². The summed E-state index contributed by atoms with van der Waals surface area (Å²) in [5.74, 6) is -0.339. The molecular formula is C16H17BrF3N3O. The maximum Gasteiger partial charge on any atom is 0.423 e. The monoisotopic (exact) mass is 403 g/mol. The lowest BCUT2D eigenvalue weighted by Crippen LogP contribution is -2.20. The number of ether oxygens (including phenoxy) is 1. The molecule has 1 heterocycles. The molecular weight excluding hydrogens is 387 g/mol. The highest BCUT2D eigenvalue weighted by atomic mass is 79.9. The van der Waals surface area contributed by atoms with E-state index in [4.69, 9.17) is 4.74 Å². The maximum atomic E-state index is 13.1. The number of hydrogen-bond acceptors (Lipinski definition) is 4. The maximum absolute atomic E-state index is 13.1. The minimum atomic E-state index is -4.58. The van der Waals surface area contributed by atoms with Gasteiger partial charge in [0.05, 0.1) is 11.8 Å². The molecule has 1 unspecified atom stereocenters. The van der Waals surface area contributed by atoms with Gasteiger partial charge in [0.2, 0.25) is 11.8 Å². The van der Waals surface area contributed by atoms with Crippen LogP contribution >= 0.6 is 15.9 Å². The summed E-state index contributed by atoms with van der Waals surface area (Å²) in [6.07, 6.45) is -3.64. The Bertz CT molecular complexity index is 709. The van der Waals surface area contributed by atoms with Crippen LogP contribution in [0.25, 0.3) is 0 Å². The smallest absolute Gasteiger partial charge is 0.423 e. The largest absolute Gasteiger partial charge is 0.474 e.